The van der Waals surface area contributed by atoms with E-state index in [2.05, 4.69) is 34.7 Å². The number of carbonyl (C=O) groups is 1. The maximum Gasteiger partial charge on any atom is 0.254 e. The molecule has 1 atom stereocenters. The Morgan fingerprint density at radius 3 is 2.65 bits per heavy atom. The van der Waals surface area contributed by atoms with Crippen LogP contribution in [-0.4, -0.2) is 17.4 Å². The predicted octanol–water partition coefficient (Wildman–Crippen LogP) is 4.27. The van der Waals surface area contributed by atoms with E-state index in [0.717, 1.165) is 28.5 Å². The van der Waals surface area contributed by atoms with Gasteiger partial charge in [-0.2, -0.15) is 0 Å². The van der Waals surface area contributed by atoms with E-state index in [0.29, 0.717) is 0 Å². The van der Waals surface area contributed by atoms with Crippen molar-refractivity contribution < 1.29 is 4.79 Å². The minimum Gasteiger partial charge on any atom is -0.332 e. The highest BCUT2D eigenvalue weighted by molar-refractivity contribution is 14.1. The summed E-state index contributed by atoms with van der Waals surface area (Å²) in [4.78, 5) is 14.7. The summed E-state index contributed by atoms with van der Waals surface area (Å²) in [6, 6.07) is 18.4. The summed E-state index contributed by atoms with van der Waals surface area (Å²) in [5, 5.41) is 0. The number of hydrogen-bond acceptors (Lipinski definition) is 1. The molecule has 0 saturated carbocycles. The van der Waals surface area contributed by atoms with Crippen molar-refractivity contribution in [2.75, 3.05) is 6.54 Å². The van der Waals surface area contributed by atoms with Gasteiger partial charge in [0, 0.05) is 15.7 Å². The summed E-state index contributed by atoms with van der Waals surface area (Å²) < 4.78 is 1.10. The predicted molar refractivity (Wildman–Crippen MR) is 88.6 cm³/mol. The molecule has 1 saturated heterocycles. The first-order valence-electron chi connectivity index (χ1n) is 6.87. The molecule has 102 valence electrons. The van der Waals surface area contributed by atoms with Crippen LogP contribution in [0.5, 0.6) is 0 Å². The van der Waals surface area contributed by atoms with Crippen molar-refractivity contribution in [3.63, 3.8) is 0 Å². The highest BCUT2D eigenvalue weighted by Gasteiger charge is 2.30. The average molecular weight is 377 g/mol. The van der Waals surface area contributed by atoms with Crippen LogP contribution in [0, 0.1) is 3.57 Å². The van der Waals surface area contributed by atoms with Gasteiger partial charge in [-0.1, -0.05) is 36.4 Å². The Morgan fingerprint density at radius 1 is 1.10 bits per heavy atom. The first kappa shape index (κ1) is 13.6. The molecule has 2 nitrogen and oxygen atoms in total. The molecule has 2 aromatic carbocycles. The van der Waals surface area contributed by atoms with E-state index in [4.69, 9.17) is 0 Å². The molecule has 1 aliphatic rings. The van der Waals surface area contributed by atoms with E-state index < -0.39 is 0 Å². The monoisotopic (exact) mass is 377 g/mol. The van der Waals surface area contributed by atoms with E-state index >= 15 is 0 Å². The van der Waals surface area contributed by atoms with Gasteiger partial charge < -0.3 is 4.90 Å². The van der Waals surface area contributed by atoms with Crippen LogP contribution in [0.15, 0.2) is 54.6 Å². The first-order valence-corrected chi connectivity index (χ1v) is 7.95. The summed E-state index contributed by atoms with van der Waals surface area (Å²) in [5.74, 6) is 0.148. The summed E-state index contributed by atoms with van der Waals surface area (Å²) in [6.45, 7) is 0.851. The van der Waals surface area contributed by atoms with Gasteiger partial charge in [-0.15, -0.1) is 0 Å². The van der Waals surface area contributed by atoms with Crippen molar-refractivity contribution in [3.05, 3.63) is 69.3 Å². The Morgan fingerprint density at radius 2 is 1.90 bits per heavy atom. The standard InChI is InChI=1S/C17H16INO/c18-15-9-4-8-14(12-15)17(20)19-11-5-10-16(19)13-6-2-1-3-7-13/h1-4,6-9,12,16H,5,10-11H2/t16-/m1/s1. The van der Waals surface area contributed by atoms with Crippen LogP contribution in [0.2, 0.25) is 0 Å². The number of nitrogens with zero attached hydrogens (tertiary/aromatic N) is 1. The van der Waals surface area contributed by atoms with E-state index in [1.165, 1.54) is 5.56 Å². The molecule has 1 amide bonds. The molecule has 0 N–H and O–H groups in total. The first-order chi connectivity index (χ1) is 9.75. The number of amides is 1. The van der Waals surface area contributed by atoms with Gasteiger partial charge in [-0.3, -0.25) is 4.79 Å². The maximum absolute atomic E-state index is 12.7. The maximum atomic E-state index is 12.7. The van der Waals surface area contributed by atoms with Crippen molar-refractivity contribution in [2.45, 2.75) is 18.9 Å². The number of halogens is 1. The fraction of sp³-hybridized carbons (Fsp3) is 0.235. The smallest absolute Gasteiger partial charge is 0.254 e. The van der Waals surface area contributed by atoms with Gasteiger partial charge in [0.25, 0.3) is 5.91 Å². The Labute approximate surface area is 132 Å². The molecule has 0 spiro atoms. The van der Waals surface area contributed by atoms with E-state index in [9.17, 15) is 4.79 Å². The quantitative estimate of drug-likeness (QED) is 0.716. The molecule has 1 heterocycles. The van der Waals surface area contributed by atoms with Crippen LogP contribution < -0.4 is 0 Å². The van der Waals surface area contributed by atoms with Crippen LogP contribution in [0.4, 0.5) is 0 Å². The number of rotatable bonds is 2. The summed E-state index contributed by atoms with van der Waals surface area (Å²) >= 11 is 2.25. The molecule has 1 fully saturated rings. The van der Waals surface area contributed by atoms with Gasteiger partial charge in [-0.25, -0.2) is 0 Å². The van der Waals surface area contributed by atoms with Gasteiger partial charge >= 0.3 is 0 Å². The largest absolute Gasteiger partial charge is 0.332 e. The minimum absolute atomic E-state index is 0.148. The van der Waals surface area contributed by atoms with Gasteiger partial charge in [0.2, 0.25) is 0 Å². The molecule has 0 aliphatic carbocycles. The average Bonchev–Trinajstić information content (AvgIpc) is 2.97. The molecule has 0 aromatic heterocycles. The lowest BCUT2D eigenvalue weighted by atomic mass is 10.0. The van der Waals surface area contributed by atoms with Crippen LogP contribution in [0.1, 0.15) is 34.8 Å². The van der Waals surface area contributed by atoms with Crippen LogP contribution in [-0.2, 0) is 0 Å². The third kappa shape index (κ3) is 2.73. The normalized spacial score (nSPS) is 18.2. The summed E-state index contributed by atoms with van der Waals surface area (Å²) in [6.07, 6.45) is 2.13. The van der Waals surface area contributed by atoms with Gasteiger partial charge in [0.15, 0.2) is 0 Å². The SMILES string of the molecule is O=C(c1cccc(I)c1)N1CCC[C@@H]1c1ccccc1. The number of benzene rings is 2. The van der Waals surface area contributed by atoms with E-state index in [1.54, 1.807) is 0 Å². The zero-order chi connectivity index (χ0) is 13.9. The van der Waals surface area contributed by atoms with Crippen LogP contribution in [0.25, 0.3) is 0 Å². The van der Waals surface area contributed by atoms with Crippen molar-refractivity contribution in [1.29, 1.82) is 0 Å². The Balaban J connectivity index is 1.87. The van der Waals surface area contributed by atoms with Gasteiger partial charge in [-0.05, 0) is 59.2 Å². The minimum atomic E-state index is 0.148. The molecule has 0 radical (unpaired) electrons. The molecule has 0 unspecified atom stereocenters. The Bertz CT molecular complexity index is 611. The van der Waals surface area contributed by atoms with E-state index in [1.807, 2.05) is 47.4 Å². The van der Waals surface area contributed by atoms with Crippen LogP contribution >= 0.6 is 22.6 Å². The number of hydrogen-bond donors (Lipinski definition) is 0. The highest BCUT2D eigenvalue weighted by atomic mass is 127. The molecular formula is C17H16INO. The zero-order valence-corrected chi connectivity index (χ0v) is 13.3. The van der Waals surface area contributed by atoms with Gasteiger partial charge in [0.05, 0.1) is 6.04 Å². The summed E-state index contributed by atoms with van der Waals surface area (Å²) in [5.41, 5.74) is 2.03. The number of carbonyl (C=O) groups excluding carboxylic acids is 1. The topological polar surface area (TPSA) is 20.3 Å². The third-order valence-corrected chi connectivity index (χ3v) is 4.44. The van der Waals surface area contributed by atoms with Crippen molar-refractivity contribution in [2.24, 2.45) is 0 Å². The second kappa shape index (κ2) is 5.95. The zero-order valence-electron chi connectivity index (χ0n) is 11.1. The summed E-state index contributed by atoms with van der Waals surface area (Å²) in [7, 11) is 0. The Kier molecular flexibility index (Phi) is 4.05. The lowest BCUT2D eigenvalue weighted by Gasteiger charge is -2.25. The fourth-order valence-corrected chi connectivity index (χ4v) is 3.36. The molecule has 20 heavy (non-hydrogen) atoms. The highest BCUT2D eigenvalue weighted by Crippen LogP contribution is 2.33. The molecule has 3 rings (SSSR count). The second-order valence-corrected chi connectivity index (χ2v) is 6.32. The fourth-order valence-electron chi connectivity index (χ4n) is 2.82. The van der Waals surface area contributed by atoms with Crippen molar-refractivity contribution in [3.8, 4) is 0 Å². The van der Waals surface area contributed by atoms with Gasteiger partial charge in [0.1, 0.15) is 0 Å². The third-order valence-electron chi connectivity index (χ3n) is 3.77. The van der Waals surface area contributed by atoms with E-state index in [-0.39, 0.29) is 11.9 Å². The Hall–Kier alpha value is -1.36. The van der Waals surface area contributed by atoms with Crippen LogP contribution in [0.3, 0.4) is 0 Å². The molecule has 3 heteroatoms. The molecule has 2 aromatic rings. The molecule has 1 aliphatic heterocycles. The lowest BCUT2D eigenvalue weighted by Crippen LogP contribution is -2.30. The number of likely N-dealkylation sites (tertiary alicyclic amines) is 1. The lowest BCUT2D eigenvalue weighted by molar-refractivity contribution is 0.0735. The second-order valence-electron chi connectivity index (χ2n) is 5.08. The molecular weight excluding hydrogens is 361 g/mol. The molecule has 0 bridgehead atoms. The van der Waals surface area contributed by atoms with Crippen molar-refractivity contribution in [1.82, 2.24) is 4.90 Å². The van der Waals surface area contributed by atoms with Crippen molar-refractivity contribution >= 4 is 28.5 Å².